The smallest absolute Gasteiger partial charge is 0.338 e. The average molecular weight is 912 g/mol. The number of benzene rings is 1. The molecule has 65 heavy (non-hydrogen) atoms. The summed E-state index contributed by atoms with van der Waals surface area (Å²) in [6.45, 7) is 7.44. The molecule has 1 unspecified atom stereocenters. The molecule has 7 heteroatoms. The van der Waals surface area contributed by atoms with Crippen LogP contribution in [0.25, 0.3) is 0 Å². The van der Waals surface area contributed by atoms with Gasteiger partial charge in [-0.1, -0.05) is 258 Å². The van der Waals surface area contributed by atoms with Crippen molar-refractivity contribution in [3.63, 3.8) is 0 Å². The van der Waals surface area contributed by atoms with Crippen molar-refractivity contribution in [3.05, 3.63) is 29.8 Å². The Morgan fingerprint density at radius 3 is 1.06 bits per heavy atom. The number of unbranched alkanes of at least 4 members (excludes halogenated alkanes) is 37. The summed E-state index contributed by atoms with van der Waals surface area (Å²) < 4.78 is 17.0. The molecule has 378 valence electrons. The molecule has 1 aromatic carbocycles. The Morgan fingerprint density at radius 2 is 0.692 bits per heavy atom. The van der Waals surface area contributed by atoms with Gasteiger partial charge in [-0.05, 0) is 43.5 Å². The number of ether oxygens (including phenoxy) is 3. The molecule has 0 radical (unpaired) electrons. The minimum Gasteiger partial charge on any atom is -0.462 e. The van der Waals surface area contributed by atoms with Gasteiger partial charge in [0.1, 0.15) is 13.2 Å². The van der Waals surface area contributed by atoms with E-state index >= 15 is 0 Å². The van der Waals surface area contributed by atoms with E-state index in [1.54, 1.807) is 12.1 Å². The monoisotopic (exact) mass is 912 g/mol. The third-order valence-electron chi connectivity index (χ3n) is 13.1. The molecule has 0 spiro atoms. The number of anilines is 1. The van der Waals surface area contributed by atoms with Gasteiger partial charge in [0, 0.05) is 25.1 Å². The Bertz CT molecular complexity index is 1190. The molecular formula is C58H105NO6. The first-order valence-corrected chi connectivity index (χ1v) is 28.4. The zero-order valence-electron chi connectivity index (χ0n) is 43.2. The van der Waals surface area contributed by atoms with E-state index in [9.17, 15) is 14.4 Å². The molecule has 1 rings (SSSR count). The van der Waals surface area contributed by atoms with Crippen LogP contribution in [-0.2, 0) is 23.8 Å². The molecule has 1 N–H and O–H groups in total. The highest BCUT2D eigenvalue weighted by atomic mass is 16.6. The number of hydrogen-bond acceptors (Lipinski definition) is 7. The van der Waals surface area contributed by atoms with Gasteiger partial charge in [0.05, 0.1) is 5.56 Å². The minimum absolute atomic E-state index is 0.114. The second-order valence-corrected chi connectivity index (χ2v) is 19.5. The predicted molar refractivity (Wildman–Crippen MR) is 277 cm³/mol. The van der Waals surface area contributed by atoms with E-state index in [1.807, 2.05) is 12.1 Å². The second-order valence-electron chi connectivity index (χ2n) is 19.5. The SMILES string of the molecule is CCCCCCCCCCCCCCCCNc1ccc(C(=O)OCC(COC(=O)CCCCCCCCCCCCCCC)OC(=O)CCCCCCCCCCCCCCC)cc1. The number of carbonyl (C=O) groups is 3. The van der Waals surface area contributed by atoms with Crippen LogP contribution < -0.4 is 5.32 Å². The fourth-order valence-corrected chi connectivity index (χ4v) is 8.72. The lowest BCUT2D eigenvalue weighted by Gasteiger charge is -2.18. The van der Waals surface area contributed by atoms with Crippen LogP contribution in [0.2, 0.25) is 0 Å². The Balaban J connectivity index is 2.39. The molecule has 0 amide bonds. The van der Waals surface area contributed by atoms with E-state index in [0.717, 1.165) is 57.2 Å². The van der Waals surface area contributed by atoms with Gasteiger partial charge >= 0.3 is 17.9 Å². The average Bonchev–Trinajstić information content (AvgIpc) is 3.31. The van der Waals surface area contributed by atoms with Crippen molar-refractivity contribution in [1.29, 1.82) is 0 Å². The normalized spacial score (nSPS) is 11.7. The minimum atomic E-state index is -0.838. The number of rotatable bonds is 50. The summed E-state index contributed by atoms with van der Waals surface area (Å²) in [6, 6.07) is 7.35. The Labute approximate surface area is 402 Å². The van der Waals surface area contributed by atoms with Gasteiger partial charge in [0.15, 0.2) is 6.10 Å². The summed E-state index contributed by atoms with van der Waals surface area (Å²) in [5.74, 6) is -1.12. The van der Waals surface area contributed by atoms with Gasteiger partial charge in [0.25, 0.3) is 0 Å². The number of carbonyl (C=O) groups excluding carboxylic acids is 3. The van der Waals surface area contributed by atoms with E-state index in [1.165, 1.54) is 212 Å². The number of hydrogen-bond donors (Lipinski definition) is 1. The van der Waals surface area contributed by atoms with E-state index < -0.39 is 12.1 Å². The van der Waals surface area contributed by atoms with E-state index in [2.05, 4.69) is 26.1 Å². The van der Waals surface area contributed by atoms with Gasteiger partial charge in [-0.25, -0.2) is 4.79 Å². The highest BCUT2D eigenvalue weighted by Gasteiger charge is 2.20. The molecule has 0 heterocycles. The fourth-order valence-electron chi connectivity index (χ4n) is 8.72. The summed E-state index contributed by atoms with van der Waals surface area (Å²) in [5.41, 5.74) is 1.41. The maximum Gasteiger partial charge on any atom is 0.338 e. The molecule has 1 aromatic rings. The molecule has 0 aliphatic heterocycles. The summed E-state index contributed by atoms with van der Waals surface area (Å²) >= 11 is 0. The van der Waals surface area contributed by atoms with Crippen LogP contribution in [0, 0.1) is 0 Å². The van der Waals surface area contributed by atoms with Crippen molar-refractivity contribution in [2.45, 2.75) is 297 Å². The number of nitrogens with one attached hydrogen (secondary N) is 1. The van der Waals surface area contributed by atoms with Crippen LogP contribution in [0.1, 0.15) is 301 Å². The van der Waals surface area contributed by atoms with Crippen LogP contribution in [0.4, 0.5) is 5.69 Å². The van der Waals surface area contributed by atoms with Gasteiger partial charge in [-0.15, -0.1) is 0 Å². The fraction of sp³-hybridized carbons (Fsp3) is 0.845. The number of esters is 3. The zero-order valence-corrected chi connectivity index (χ0v) is 43.2. The van der Waals surface area contributed by atoms with Crippen molar-refractivity contribution in [1.82, 2.24) is 0 Å². The highest BCUT2D eigenvalue weighted by Crippen LogP contribution is 2.18. The maximum absolute atomic E-state index is 13.1. The molecule has 0 aliphatic carbocycles. The zero-order chi connectivity index (χ0) is 46.9. The molecule has 1 atom stereocenters. The summed E-state index contributed by atoms with van der Waals surface area (Å²) in [4.78, 5) is 38.6. The van der Waals surface area contributed by atoms with Crippen molar-refractivity contribution in [3.8, 4) is 0 Å². The van der Waals surface area contributed by atoms with Crippen LogP contribution in [0.5, 0.6) is 0 Å². The Morgan fingerprint density at radius 1 is 0.385 bits per heavy atom. The van der Waals surface area contributed by atoms with E-state index in [-0.39, 0.29) is 25.2 Å². The Kier molecular flexibility index (Phi) is 44.5. The summed E-state index contributed by atoms with van der Waals surface area (Å²) in [5, 5.41) is 3.48. The van der Waals surface area contributed by atoms with Crippen molar-refractivity contribution >= 4 is 23.6 Å². The van der Waals surface area contributed by atoms with Gasteiger partial charge in [-0.3, -0.25) is 9.59 Å². The van der Waals surface area contributed by atoms with Crippen molar-refractivity contribution in [2.24, 2.45) is 0 Å². The molecule has 0 saturated carbocycles. The third-order valence-corrected chi connectivity index (χ3v) is 13.1. The molecule has 0 aromatic heterocycles. The summed E-state index contributed by atoms with van der Waals surface area (Å²) in [6.07, 6.45) is 51.0. The lowest BCUT2D eigenvalue weighted by molar-refractivity contribution is -0.161. The van der Waals surface area contributed by atoms with Crippen LogP contribution >= 0.6 is 0 Å². The van der Waals surface area contributed by atoms with E-state index in [4.69, 9.17) is 14.2 Å². The largest absolute Gasteiger partial charge is 0.462 e. The van der Waals surface area contributed by atoms with Crippen molar-refractivity contribution in [2.75, 3.05) is 25.1 Å². The maximum atomic E-state index is 13.1. The molecular weight excluding hydrogens is 807 g/mol. The molecule has 0 bridgehead atoms. The van der Waals surface area contributed by atoms with Crippen LogP contribution in [0.3, 0.4) is 0 Å². The van der Waals surface area contributed by atoms with Crippen LogP contribution in [-0.4, -0.2) is 43.8 Å². The lowest BCUT2D eigenvalue weighted by Crippen LogP contribution is -2.31. The lowest BCUT2D eigenvalue weighted by atomic mass is 10.0. The summed E-state index contributed by atoms with van der Waals surface area (Å²) in [7, 11) is 0. The van der Waals surface area contributed by atoms with Gasteiger partial charge < -0.3 is 19.5 Å². The van der Waals surface area contributed by atoms with Crippen molar-refractivity contribution < 1.29 is 28.6 Å². The Hall–Kier alpha value is -2.57. The molecule has 0 saturated heterocycles. The highest BCUT2D eigenvalue weighted by molar-refractivity contribution is 5.89. The van der Waals surface area contributed by atoms with Gasteiger partial charge in [0.2, 0.25) is 0 Å². The van der Waals surface area contributed by atoms with Gasteiger partial charge in [-0.2, -0.15) is 0 Å². The standard InChI is InChI=1S/C58H105NO6/c1-4-7-10-13-16-19-22-25-28-31-34-37-40-43-50-59-54-48-46-53(47-49-54)58(62)64-52-55(65-57(61)45-42-39-36-33-30-27-24-21-18-15-12-9-6-3)51-63-56(60)44-41-38-35-32-29-26-23-20-17-14-11-8-5-2/h46-49,55,59H,4-45,50-52H2,1-3H3. The molecule has 0 aliphatic rings. The van der Waals surface area contributed by atoms with E-state index in [0.29, 0.717) is 18.4 Å². The quantitative estimate of drug-likeness (QED) is 0.0395. The third kappa shape index (κ3) is 41.4. The first-order chi connectivity index (χ1) is 32.0. The van der Waals surface area contributed by atoms with Crippen LogP contribution in [0.15, 0.2) is 24.3 Å². The first kappa shape index (κ1) is 60.4. The predicted octanol–water partition coefficient (Wildman–Crippen LogP) is 18.2. The second kappa shape index (κ2) is 47.9. The molecule has 0 fully saturated rings. The molecule has 7 nitrogen and oxygen atoms in total. The first-order valence-electron chi connectivity index (χ1n) is 28.4. The topological polar surface area (TPSA) is 90.9 Å².